The maximum Gasteiger partial charge on any atom is 0.261 e. The highest BCUT2D eigenvalue weighted by Gasteiger charge is 2.17. The Morgan fingerprint density at radius 2 is 1.80 bits per heavy atom. The Balaban J connectivity index is 1.55. The maximum atomic E-state index is 12.5. The number of sulfonamides is 1. The molecule has 30 heavy (non-hydrogen) atoms. The standard InChI is InChI=1S/C22H27ClN2O3S2/c1-16-7-10-19(11-8-16)30(27,28)25-21-12-9-17(15-20(21)23)22(26)24-13-14-29-18-5-3-2-4-6-18/h7-12,15,18,25H,2-6,13-14H2,1H3,(H,24,26). The molecule has 2 aromatic carbocycles. The summed E-state index contributed by atoms with van der Waals surface area (Å²) in [6.45, 7) is 2.48. The third-order valence-corrected chi connectivity index (χ3v) is 8.18. The van der Waals surface area contributed by atoms with Gasteiger partial charge in [-0.05, 0) is 50.1 Å². The maximum absolute atomic E-state index is 12.5. The number of carbonyl (C=O) groups is 1. The highest BCUT2D eigenvalue weighted by molar-refractivity contribution is 7.99. The number of aryl methyl sites for hydroxylation is 1. The summed E-state index contributed by atoms with van der Waals surface area (Å²) in [5.74, 6) is 0.674. The van der Waals surface area contributed by atoms with Crippen molar-refractivity contribution in [2.24, 2.45) is 0 Å². The van der Waals surface area contributed by atoms with Crippen LogP contribution in [-0.2, 0) is 10.0 Å². The van der Waals surface area contributed by atoms with E-state index in [9.17, 15) is 13.2 Å². The van der Waals surface area contributed by atoms with Crippen LogP contribution in [0.25, 0.3) is 0 Å². The van der Waals surface area contributed by atoms with E-state index in [1.54, 1.807) is 30.3 Å². The lowest BCUT2D eigenvalue weighted by molar-refractivity contribution is 0.0956. The second kappa shape index (κ2) is 10.6. The van der Waals surface area contributed by atoms with Gasteiger partial charge in [0.25, 0.3) is 15.9 Å². The van der Waals surface area contributed by atoms with E-state index < -0.39 is 10.0 Å². The zero-order valence-corrected chi connectivity index (χ0v) is 19.4. The van der Waals surface area contributed by atoms with Crippen molar-refractivity contribution in [2.45, 2.75) is 49.2 Å². The fourth-order valence-corrected chi connectivity index (χ4v) is 5.97. The van der Waals surface area contributed by atoms with Gasteiger partial charge in [-0.2, -0.15) is 11.8 Å². The first kappa shape index (κ1) is 23.0. The second-order valence-corrected chi connectivity index (χ2v) is 11.0. The van der Waals surface area contributed by atoms with Gasteiger partial charge in [0.15, 0.2) is 0 Å². The number of hydrogen-bond acceptors (Lipinski definition) is 4. The minimum Gasteiger partial charge on any atom is -0.351 e. The average Bonchev–Trinajstić information content (AvgIpc) is 2.73. The molecule has 2 aromatic rings. The Morgan fingerprint density at radius 3 is 2.47 bits per heavy atom. The Hall–Kier alpha value is -1.70. The van der Waals surface area contributed by atoms with Crippen LogP contribution in [0.1, 0.15) is 48.0 Å². The van der Waals surface area contributed by atoms with E-state index in [2.05, 4.69) is 10.0 Å². The zero-order valence-electron chi connectivity index (χ0n) is 17.0. The molecule has 3 rings (SSSR count). The predicted molar refractivity (Wildman–Crippen MR) is 125 cm³/mol. The summed E-state index contributed by atoms with van der Waals surface area (Å²) in [4.78, 5) is 12.5. The first-order chi connectivity index (χ1) is 14.3. The molecule has 0 aliphatic heterocycles. The molecule has 0 saturated heterocycles. The summed E-state index contributed by atoms with van der Waals surface area (Å²) >= 11 is 8.17. The topological polar surface area (TPSA) is 75.3 Å². The summed E-state index contributed by atoms with van der Waals surface area (Å²) < 4.78 is 27.6. The summed E-state index contributed by atoms with van der Waals surface area (Å²) in [5.41, 5.74) is 1.61. The molecule has 5 nitrogen and oxygen atoms in total. The first-order valence-electron chi connectivity index (χ1n) is 10.1. The van der Waals surface area contributed by atoms with Crippen molar-refractivity contribution in [1.82, 2.24) is 5.32 Å². The number of amides is 1. The van der Waals surface area contributed by atoms with Crippen LogP contribution >= 0.6 is 23.4 Å². The van der Waals surface area contributed by atoms with Crippen LogP contribution < -0.4 is 10.0 Å². The van der Waals surface area contributed by atoms with Gasteiger partial charge in [0, 0.05) is 23.1 Å². The number of carbonyl (C=O) groups excluding carboxylic acids is 1. The molecule has 162 valence electrons. The molecule has 0 aromatic heterocycles. The quantitative estimate of drug-likeness (QED) is 0.521. The van der Waals surface area contributed by atoms with Crippen LogP contribution in [0.4, 0.5) is 5.69 Å². The van der Waals surface area contributed by atoms with Crippen molar-refractivity contribution in [3.63, 3.8) is 0 Å². The van der Waals surface area contributed by atoms with Crippen molar-refractivity contribution in [3.05, 3.63) is 58.6 Å². The smallest absolute Gasteiger partial charge is 0.261 e. The number of anilines is 1. The highest BCUT2D eigenvalue weighted by atomic mass is 35.5. The SMILES string of the molecule is Cc1ccc(S(=O)(=O)Nc2ccc(C(=O)NCCSC3CCCCC3)cc2Cl)cc1. The van der Waals surface area contributed by atoms with E-state index in [4.69, 9.17) is 11.6 Å². The zero-order chi connectivity index (χ0) is 21.6. The van der Waals surface area contributed by atoms with Crippen LogP contribution in [0.5, 0.6) is 0 Å². The van der Waals surface area contributed by atoms with Crippen molar-refractivity contribution in [2.75, 3.05) is 17.0 Å². The summed E-state index contributed by atoms with van der Waals surface area (Å²) in [5, 5.41) is 3.80. The number of thioether (sulfide) groups is 1. The molecule has 1 amide bonds. The minimum atomic E-state index is -3.75. The average molecular weight is 467 g/mol. The molecule has 0 bridgehead atoms. The van der Waals surface area contributed by atoms with Crippen molar-refractivity contribution in [1.29, 1.82) is 0 Å². The summed E-state index contributed by atoms with van der Waals surface area (Å²) in [6, 6.07) is 11.1. The molecular weight excluding hydrogens is 440 g/mol. The van der Waals surface area contributed by atoms with Crippen LogP contribution in [0.3, 0.4) is 0 Å². The van der Waals surface area contributed by atoms with E-state index in [1.807, 2.05) is 18.7 Å². The van der Waals surface area contributed by atoms with Gasteiger partial charge in [-0.25, -0.2) is 8.42 Å². The van der Waals surface area contributed by atoms with Crippen molar-refractivity contribution >= 4 is 45.0 Å². The molecule has 0 heterocycles. The van der Waals surface area contributed by atoms with Gasteiger partial charge in [0.2, 0.25) is 0 Å². The van der Waals surface area contributed by atoms with E-state index in [0.29, 0.717) is 17.4 Å². The molecule has 1 aliphatic rings. The van der Waals surface area contributed by atoms with Crippen LogP contribution in [0, 0.1) is 6.92 Å². The van der Waals surface area contributed by atoms with Crippen molar-refractivity contribution in [3.8, 4) is 0 Å². The monoisotopic (exact) mass is 466 g/mol. The number of hydrogen-bond donors (Lipinski definition) is 2. The van der Waals surface area contributed by atoms with Crippen LogP contribution in [-0.4, -0.2) is 31.9 Å². The number of rotatable bonds is 8. The van der Waals surface area contributed by atoms with Gasteiger partial charge < -0.3 is 5.32 Å². The Bertz CT molecular complexity index is 972. The predicted octanol–water partition coefficient (Wildman–Crippen LogP) is 5.24. The molecule has 1 saturated carbocycles. The van der Waals surface area contributed by atoms with E-state index in [-0.39, 0.29) is 21.5 Å². The third-order valence-electron chi connectivity index (χ3n) is 5.10. The molecule has 0 atom stereocenters. The van der Waals surface area contributed by atoms with E-state index in [1.165, 1.54) is 44.2 Å². The fraction of sp³-hybridized carbons (Fsp3) is 0.409. The first-order valence-corrected chi connectivity index (χ1v) is 13.0. The van der Waals surface area contributed by atoms with Gasteiger partial charge in [-0.1, -0.05) is 48.6 Å². The lowest BCUT2D eigenvalue weighted by atomic mass is 10.0. The van der Waals surface area contributed by atoms with Crippen LogP contribution in [0.2, 0.25) is 5.02 Å². The Labute approximate surface area is 188 Å². The molecule has 8 heteroatoms. The lowest BCUT2D eigenvalue weighted by Gasteiger charge is -2.20. The largest absolute Gasteiger partial charge is 0.351 e. The van der Waals surface area contributed by atoms with Crippen LogP contribution in [0.15, 0.2) is 47.4 Å². The molecule has 1 aliphatic carbocycles. The summed E-state index contributed by atoms with van der Waals surface area (Å²) in [7, 11) is -3.75. The molecular formula is C22H27ClN2O3S2. The number of halogens is 1. The second-order valence-electron chi connectivity index (χ2n) is 7.50. The fourth-order valence-electron chi connectivity index (χ4n) is 3.38. The minimum absolute atomic E-state index is 0.154. The normalized spacial score (nSPS) is 15.0. The van der Waals surface area contributed by atoms with E-state index >= 15 is 0 Å². The Morgan fingerprint density at radius 1 is 1.10 bits per heavy atom. The van der Waals surface area contributed by atoms with Gasteiger partial charge in [-0.3, -0.25) is 9.52 Å². The summed E-state index contributed by atoms with van der Waals surface area (Å²) in [6.07, 6.45) is 6.50. The molecule has 0 spiro atoms. The lowest BCUT2D eigenvalue weighted by Crippen LogP contribution is -2.26. The van der Waals surface area contributed by atoms with Gasteiger partial charge in [-0.15, -0.1) is 0 Å². The molecule has 0 unspecified atom stereocenters. The van der Waals surface area contributed by atoms with Gasteiger partial charge in [0.05, 0.1) is 15.6 Å². The third kappa shape index (κ3) is 6.40. The number of benzene rings is 2. The van der Waals surface area contributed by atoms with Crippen molar-refractivity contribution < 1.29 is 13.2 Å². The molecule has 0 radical (unpaired) electrons. The number of nitrogens with one attached hydrogen (secondary N) is 2. The van der Waals surface area contributed by atoms with Gasteiger partial charge in [0.1, 0.15) is 0 Å². The van der Waals surface area contributed by atoms with E-state index in [0.717, 1.165) is 11.3 Å². The van der Waals surface area contributed by atoms with Gasteiger partial charge >= 0.3 is 0 Å². The molecule has 1 fully saturated rings. The Kier molecular flexibility index (Phi) is 8.08. The molecule has 2 N–H and O–H groups in total. The highest BCUT2D eigenvalue weighted by Crippen LogP contribution is 2.28.